The van der Waals surface area contributed by atoms with Crippen molar-refractivity contribution in [2.75, 3.05) is 13.1 Å². The van der Waals surface area contributed by atoms with Gasteiger partial charge < -0.3 is 19.8 Å². The van der Waals surface area contributed by atoms with E-state index in [4.69, 9.17) is 20.8 Å². The zero-order valence-electron chi connectivity index (χ0n) is 16.2. The Kier molecular flexibility index (Phi) is 10.5. The topological polar surface area (TPSA) is 71.7 Å². The molecule has 0 amide bonds. The first-order chi connectivity index (χ1) is 12.5. The number of benzene rings is 1. The molecule has 1 atom stereocenters. The van der Waals surface area contributed by atoms with E-state index in [0.717, 1.165) is 24.4 Å². The molecule has 0 bridgehead atoms. The fourth-order valence-electron chi connectivity index (χ4n) is 2.29. The van der Waals surface area contributed by atoms with Crippen molar-refractivity contribution in [1.82, 2.24) is 15.6 Å². The molecule has 0 spiro atoms. The van der Waals surface area contributed by atoms with Gasteiger partial charge in [0, 0.05) is 6.54 Å². The van der Waals surface area contributed by atoms with Gasteiger partial charge in [0.15, 0.2) is 5.96 Å². The number of ether oxygens (including phenoxy) is 1. The number of hydrogen-bond acceptors (Lipinski definition) is 4. The molecular formula is C19H28ClIN4O2. The minimum Gasteiger partial charge on any atom is -0.487 e. The third-order valence-electron chi connectivity index (χ3n) is 3.87. The minimum absolute atomic E-state index is 0. The first-order valence-corrected chi connectivity index (χ1v) is 9.27. The van der Waals surface area contributed by atoms with Crippen molar-refractivity contribution in [2.45, 2.75) is 46.8 Å². The summed E-state index contributed by atoms with van der Waals surface area (Å²) in [6, 6.07) is 7.49. The lowest BCUT2D eigenvalue weighted by Crippen LogP contribution is -2.42. The first-order valence-electron chi connectivity index (χ1n) is 8.89. The van der Waals surface area contributed by atoms with Crippen molar-refractivity contribution in [3.8, 4) is 5.75 Å². The third kappa shape index (κ3) is 7.57. The van der Waals surface area contributed by atoms with Crippen molar-refractivity contribution in [3.63, 3.8) is 0 Å². The van der Waals surface area contributed by atoms with Gasteiger partial charge in [-0.1, -0.05) is 30.7 Å². The molecular weight excluding hydrogens is 479 g/mol. The molecule has 1 unspecified atom stereocenters. The van der Waals surface area contributed by atoms with Gasteiger partial charge in [0.05, 0.1) is 17.3 Å². The van der Waals surface area contributed by atoms with E-state index in [2.05, 4.69) is 27.5 Å². The quantitative estimate of drug-likeness (QED) is 0.314. The fourth-order valence-corrected chi connectivity index (χ4v) is 2.48. The molecule has 1 aromatic carbocycles. The molecule has 2 aromatic rings. The van der Waals surface area contributed by atoms with Crippen LogP contribution in [0.5, 0.6) is 5.75 Å². The zero-order chi connectivity index (χ0) is 18.9. The molecule has 0 aliphatic rings. The lowest BCUT2D eigenvalue weighted by molar-refractivity contribution is 0.199. The number of nitrogens with zero attached hydrogens (tertiary/aromatic N) is 2. The molecule has 2 rings (SSSR count). The molecule has 0 saturated carbocycles. The van der Waals surface area contributed by atoms with Gasteiger partial charge in [0.25, 0.3) is 0 Å². The smallest absolute Gasteiger partial charge is 0.216 e. The summed E-state index contributed by atoms with van der Waals surface area (Å²) >= 11 is 6.17. The second kappa shape index (κ2) is 12.1. The molecule has 0 fully saturated rings. The molecule has 1 heterocycles. The highest BCUT2D eigenvalue weighted by molar-refractivity contribution is 14.0. The normalized spacial score (nSPS) is 12.3. The lowest BCUT2D eigenvalue weighted by atomic mass is 10.2. The second-order valence-corrected chi connectivity index (χ2v) is 6.31. The monoisotopic (exact) mass is 506 g/mol. The van der Waals surface area contributed by atoms with E-state index in [0.29, 0.717) is 35.7 Å². The van der Waals surface area contributed by atoms with Crippen LogP contribution in [0.15, 0.2) is 33.7 Å². The van der Waals surface area contributed by atoms with E-state index in [1.54, 1.807) is 0 Å². The predicted octanol–water partition coefficient (Wildman–Crippen LogP) is 4.48. The number of nitrogens with one attached hydrogen (secondary N) is 2. The molecule has 0 radical (unpaired) electrons. The maximum absolute atomic E-state index is 6.17. The summed E-state index contributed by atoms with van der Waals surface area (Å²) in [5.41, 5.74) is 0.896. The van der Waals surface area contributed by atoms with Crippen LogP contribution in [0, 0.1) is 13.8 Å². The minimum atomic E-state index is -0.0232. The van der Waals surface area contributed by atoms with E-state index < -0.39 is 0 Å². The highest BCUT2D eigenvalue weighted by atomic mass is 127. The van der Waals surface area contributed by atoms with Crippen LogP contribution in [-0.4, -0.2) is 30.1 Å². The lowest BCUT2D eigenvalue weighted by Gasteiger charge is -2.20. The van der Waals surface area contributed by atoms with Gasteiger partial charge in [0.1, 0.15) is 24.2 Å². The Morgan fingerprint density at radius 3 is 2.59 bits per heavy atom. The Balaban J connectivity index is 0.00000364. The Labute approximate surface area is 183 Å². The van der Waals surface area contributed by atoms with Crippen LogP contribution in [0.3, 0.4) is 0 Å². The number of oxazole rings is 1. The first kappa shape index (κ1) is 23.6. The van der Waals surface area contributed by atoms with Crippen molar-refractivity contribution in [3.05, 3.63) is 46.6 Å². The molecule has 150 valence electrons. The number of guanidine groups is 1. The summed E-state index contributed by atoms with van der Waals surface area (Å²) in [5, 5.41) is 7.13. The van der Waals surface area contributed by atoms with Gasteiger partial charge in [-0.15, -0.1) is 24.0 Å². The Hall–Kier alpha value is -1.48. The maximum Gasteiger partial charge on any atom is 0.216 e. The molecule has 2 N–H and O–H groups in total. The van der Waals surface area contributed by atoms with Crippen LogP contribution < -0.4 is 15.4 Å². The van der Waals surface area contributed by atoms with Crippen LogP contribution in [-0.2, 0) is 6.54 Å². The maximum atomic E-state index is 6.17. The average molecular weight is 507 g/mol. The van der Waals surface area contributed by atoms with Gasteiger partial charge in [-0.2, -0.15) is 0 Å². The van der Waals surface area contributed by atoms with E-state index in [-0.39, 0.29) is 30.1 Å². The van der Waals surface area contributed by atoms with Crippen molar-refractivity contribution in [1.29, 1.82) is 0 Å². The Bertz CT molecular complexity index is 717. The SMILES string of the molecule is CCNC(=NCc1nc(C)c(C)o1)NCC(CC)Oc1ccccc1Cl.I. The molecule has 6 nitrogen and oxygen atoms in total. The van der Waals surface area contributed by atoms with E-state index >= 15 is 0 Å². The standard InChI is InChI=1S/C19H27ClN4O2.HI/c1-5-15(26-17-10-8-7-9-16(17)20)11-22-19(21-6-2)23-12-18-24-13(3)14(4)25-18;/h7-10,15H,5-6,11-12H2,1-4H3,(H2,21,22,23);1H. The van der Waals surface area contributed by atoms with Crippen molar-refractivity contribution >= 4 is 41.5 Å². The van der Waals surface area contributed by atoms with Gasteiger partial charge in [-0.3, -0.25) is 0 Å². The van der Waals surface area contributed by atoms with Crippen LogP contribution >= 0.6 is 35.6 Å². The molecule has 0 aliphatic heterocycles. The molecule has 1 aromatic heterocycles. The summed E-state index contributed by atoms with van der Waals surface area (Å²) in [6.07, 6.45) is 0.820. The largest absolute Gasteiger partial charge is 0.487 e. The summed E-state index contributed by atoms with van der Waals surface area (Å²) in [6.45, 7) is 9.67. The number of hydrogen-bond donors (Lipinski definition) is 2. The average Bonchev–Trinajstić information content (AvgIpc) is 2.95. The number of aryl methyl sites for hydroxylation is 2. The van der Waals surface area contributed by atoms with E-state index in [9.17, 15) is 0 Å². The second-order valence-electron chi connectivity index (χ2n) is 5.90. The van der Waals surface area contributed by atoms with Gasteiger partial charge in [-0.05, 0) is 39.3 Å². The Morgan fingerprint density at radius 2 is 2.00 bits per heavy atom. The van der Waals surface area contributed by atoms with Crippen LogP contribution in [0.4, 0.5) is 0 Å². The van der Waals surface area contributed by atoms with Crippen molar-refractivity contribution < 1.29 is 9.15 Å². The van der Waals surface area contributed by atoms with Crippen molar-refractivity contribution in [2.24, 2.45) is 4.99 Å². The molecule has 8 heteroatoms. The number of aromatic nitrogens is 1. The van der Waals surface area contributed by atoms with Crippen LogP contribution in [0.1, 0.15) is 37.6 Å². The zero-order valence-corrected chi connectivity index (χ0v) is 19.3. The number of rotatable bonds is 8. The van der Waals surface area contributed by atoms with Crippen LogP contribution in [0.25, 0.3) is 0 Å². The molecule has 0 saturated heterocycles. The molecule has 27 heavy (non-hydrogen) atoms. The summed E-state index contributed by atoms with van der Waals surface area (Å²) < 4.78 is 11.6. The highest BCUT2D eigenvalue weighted by Crippen LogP contribution is 2.24. The van der Waals surface area contributed by atoms with Gasteiger partial charge >= 0.3 is 0 Å². The highest BCUT2D eigenvalue weighted by Gasteiger charge is 2.12. The predicted molar refractivity (Wildman–Crippen MR) is 120 cm³/mol. The van der Waals surface area contributed by atoms with E-state index in [1.165, 1.54) is 0 Å². The third-order valence-corrected chi connectivity index (χ3v) is 4.18. The summed E-state index contributed by atoms with van der Waals surface area (Å²) in [5.74, 6) is 2.82. The molecule has 0 aliphatic carbocycles. The number of para-hydroxylation sites is 1. The van der Waals surface area contributed by atoms with E-state index in [1.807, 2.05) is 45.0 Å². The number of halogens is 2. The Morgan fingerprint density at radius 1 is 1.26 bits per heavy atom. The fraction of sp³-hybridized carbons (Fsp3) is 0.474. The summed E-state index contributed by atoms with van der Waals surface area (Å²) in [4.78, 5) is 8.88. The van der Waals surface area contributed by atoms with Gasteiger partial charge in [0.2, 0.25) is 5.89 Å². The van der Waals surface area contributed by atoms with Gasteiger partial charge in [-0.25, -0.2) is 9.98 Å². The van der Waals surface area contributed by atoms with Crippen LogP contribution in [0.2, 0.25) is 5.02 Å². The summed E-state index contributed by atoms with van der Waals surface area (Å²) in [7, 11) is 0. The number of aliphatic imine (C=N–C) groups is 1.